The van der Waals surface area contributed by atoms with Crippen molar-refractivity contribution in [2.45, 2.75) is 58.0 Å². The molecule has 0 aromatic heterocycles. The third-order valence-corrected chi connectivity index (χ3v) is 8.26. The maximum Gasteiger partial charge on any atom is 0.264 e. The summed E-state index contributed by atoms with van der Waals surface area (Å²) in [6.07, 6.45) is 1.16. The van der Waals surface area contributed by atoms with Crippen LogP contribution in [-0.2, 0) is 26.2 Å². The molecule has 0 aliphatic carbocycles. The molecule has 0 radical (unpaired) electrons. The Morgan fingerprint density at radius 3 is 2.11 bits per heavy atom. The molecular weight excluding hydrogens is 498 g/mol. The normalized spacial score (nSPS) is 12.0. The molecule has 0 bridgehead atoms. The summed E-state index contributed by atoms with van der Waals surface area (Å²) in [4.78, 5) is 28.7. The van der Waals surface area contributed by atoms with Crippen LogP contribution in [0.2, 0.25) is 0 Å². The van der Waals surface area contributed by atoms with Crippen molar-refractivity contribution in [2.24, 2.45) is 0 Å². The van der Waals surface area contributed by atoms with Crippen molar-refractivity contribution in [2.75, 3.05) is 17.4 Å². The zero-order valence-electron chi connectivity index (χ0n) is 22.6. The second-order valence-corrected chi connectivity index (χ2v) is 11.2. The summed E-state index contributed by atoms with van der Waals surface area (Å²) >= 11 is 0. The van der Waals surface area contributed by atoms with Crippen molar-refractivity contribution < 1.29 is 18.0 Å². The number of hydrogen-bond donors (Lipinski definition) is 1. The molecule has 2 amide bonds. The van der Waals surface area contributed by atoms with Crippen LogP contribution >= 0.6 is 0 Å². The van der Waals surface area contributed by atoms with Gasteiger partial charge < -0.3 is 10.2 Å². The lowest BCUT2D eigenvalue weighted by Crippen LogP contribution is -2.52. The van der Waals surface area contributed by atoms with Crippen LogP contribution in [0.1, 0.15) is 43.4 Å². The molecule has 3 aromatic rings. The van der Waals surface area contributed by atoms with E-state index in [-0.39, 0.29) is 17.3 Å². The summed E-state index contributed by atoms with van der Waals surface area (Å²) in [5, 5.41) is 2.90. The molecule has 0 spiro atoms. The van der Waals surface area contributed by atoms with Crippen LogP contribution < -0.4 is 9.62 Å². The minimum absolute atomic E-state index is 0.0894. The molecule has 0 saturated heterocycles. The molecule has 202 valence electrons. The predicted molar refractivity (Wildman–Crippen MR) is 151 cm³/mol. The minimum atomic E-state index is -4.06. The number of carbonyl (C=O) groups excluding carboxylic acids is 2. The second-order valence-electron chi connectivity index (χ2n) is 9.32. The summed E-state index contributed by atoms with van der Waals surface area (Å²) in [6.45, 7) is 7.93. The van der Waals surface area contributed by atoms with E-state index in [4.69, 9.17) is 0 Å². The van der Waals surface area contributed by atoms with E-state index in [1.807, 2.05) is 64.1 Å². The lowest BCUT2D eigenvalue weighted by molar-refractivity contribution is -0.140. The van der Waals surface area contributed by atoms with E-state index in [0.29, 0.717) is 18.7 Å². The van der Waals surface area contributed by atoms with E-state index in [2.05, 4.69) is 5.32 Å². The van der Waals surface area contributed by atoms with Crippen LogP contribution in [0, 0.1) is 13.8 Å². The first kappa shape index (κ1) is 28.9. The van der Waals surface area contributed by atoms with Gasteiger partial charge in [-0.3, -0.25) is 13.9 Å². The molecule has 3 aromatic carbocycles. The predicted octanol–water partition coefficient (Wildman–Crippen LogP) is 4.83. The second kappa shape index (κ2) is 13.2. The van der Waals surface area contributed by atoms with Crippen molar-refractivity contribution in [1.82, 2.24) is 10.2 Å². The van der Waals surface area contributed by atoms with Gasteiger partial charge in [-0.25, -0.2) is 8.42 Å². The third-order valence-electron chi connectivity index (χ3n) is 6.47. The average molecular weight is 536 g/mol. The molecule has 3 rings (SSSR count). The van der Waals surface area contributed by atoms with E-state index in [0.717, 1.165) is 27.4 Å². The first-order valence-corrected chi connectivity index (χ1v) is 14.4. The molecule has 7 nitrogen and oxygen atoms in total. The highest BCUT2D eigenvalue weighted by Crippen LogP contribution is 2.25. The maximum atomic E-state index is 14.0. The van der Waals surface area contributed by atoms with Gasteiger partial charge in [0.15, 0.2) is 0 Å². The summed E-state index contributed by atoms with van der Waals surface area (Å²) in [7, 11) is -4.06. The smallest absolute Gasteiger partial charge is 0.264 e. The quantitative estimate of drug-likeness (QED) is 0.360. The van der Waals surface area contributed by atoms with Gasteiger partial charge in [-0.05, 0) is 62.1 Å². The summed E-state index contributed by atoms with van der Waals surface area (Å²) in [5.74, 6) is -0.698. The molecule has 0 fully saturated rings. The number of carbonyl (C=O) groups is 2. The molecule has 0 heterocycles. The van der Waals surface area contributed by atoms with Gasteiger partial charge in [0, 0.05) is 13.1 Å². The number of nitrogens with zero attached hydrogens (tertiary/aromatic N) is 2. The molecule has 1 N–H and O–H groups in total. The van der Waals surface area contributed by atoms with Crippen LogP contribution in [0.5, 0.6) is 0 Å². The SMILES string of the molecule is CCCNC(=O)[C@@H](CC)N(Cc1ccccc1C)C(=O)CN(c1ccc(C)cc1)S(=O)(=O)c1ccccc1. The Bertz CT molecular complexity index is 1330. The first-order valence-electron chi connectivity index (χ1n) is 12.9. The fourth-order valence-electron chi connectivity index (χ4n) is 4.22. The number of sulfonamides is 1. The van der Waals surface area contributed by atoms with Crippen molar-refractivity contribution in [3.8, 4) is 0 Å². The topological polar surface area (TPSA) is 86.8 Å². The molecule has 0 aliphatic heterocycles. The maximum absolute atomic E-state index is 14.0. The van der Waals surface area contributed by atoms with Crippen molar-refractivity contribution in [1.29, 1.82) is 0 Å². The lowest BCUT2D eigenvalue weighted by atomic mass is 10.1. The first-order chi connectivity index (χ1) is 18.2. The van der Waals surface area contributed by atoms with E-state index in [9.17, 15) is 18.0 Å². The molecular formula is C30H37N3O4S. The number of amides is 2. The van der Waals surface area contributed by atoms with Crippen LogP contribution in [-0.4, -0.2) is 44.3 Å². The monoisotopic (exact) mass is 535 g/mol. The van der Waals surface area contributed by atoms with Crippen molar-refractivity contribution >= 4 is 27.5 Å². The number of aryl methyl sites for hydroxylation is 2. The van der Waals surface area contributed by atoms with Gasteiger partial charge in [-0.2, -0.15) is 0 Å². The van der Waals surface area contributed by atoms with Crippen LogP contribution in [0.4, 0.5) is 5.69 Å². The van der Waals surface area contributed by atoms with Gasteiger partial charge in [0.1, 0.15) is 12.6 Å². The summed E-state index contributed by atoms with van der Waals surface area (Å²) in [5.41, 5.74) is 3.24. The fraction of sp³-hybridized carbons (Fsp3) is 0.333. The van der Waals surface area contributed by atoms with Crippen molar-refractivity contribution in [3.63, 3.8) is 0 Å². The van der Waals surface area contributed by atoms with E-state index in [1.54, 1.807) is 30.3 Å². The van der Waals surface area contributed by atoms with Gasteiger partial charge in [0.05, 0.1) is 10.6 Å². The number of nitrogens with one attached hydrogen (secondary N) is 1. The fourth-order valence-corrected chi connectivity index (χ4v) is 5.65. The van der Waals surface area contributed by atoms with Crippen LogP contribution in [0.25, 0.3) is 0 Å². The zero-order valence-corrected chi connectivity index (χ0v) is 23.4. The Morgan fingerprint density at radius 1 is 0.868 bits per heavy atom. The Labute approximate surface area is 226 Å². The summed E-state index contributed by atoms with van der Waals surface area (Å²) in [6, 6.07) is 22.0. The largest absolute Gasteiger partial charge is 0.354 e. The number of rotatable bonds is 12. The van der Waals surface area contributed by atoms with Gasteiger partial charge >= 0.3 is 0 Å². The molecule has 1 atom stereocenters. The Hall–Kier alpha value is -3.65. The van der Waals surface area contributed by atoms with Gasteiger partial charge in [0.25, 0.3) is 10.0 Å². The van der Waals surface area contributed by atoms with Crippen molar-refractivity contribution in [3.05, 3.63) is 95.6 Å². The van der Waals surface area contributed by atoms with E-state index >= 15 is 0 Å². The standard InChI is InChI=1S/C30H37N3O4S/c1-5-20-31-30(35)28(6-2)32(21-25-13-11-10-12-24(25)4)29(34)22-33(26-18-16-23(3)17-19-26)38(36,37)27-14-8-7-9-15-27/h7-19,28H,5-6,20-22H2,1-4H3,(H,31,35)/t28-/m1/s1. The zero-order chi connectivity index (χ0) is 27.7. The van der Waals surface area contributed by atoms with E-state index < -0.39 is 28.5 Å². The van der Waals surface area contributed by atoms with E-state index in [1.165, 1.54) is 17.0 Å². The molecule has 8 heteroatoms. The van der Waals surface area contributed by atoms with Gasteiger partial charge in [0.2, 0.25) is 11.8 Å². The third kappa shape index (κ3) is 7.01. The highest BCUT2D eigenvalue weighted by Gasteiger charge is 2.33. The molecule has 38 heavy (non-hydrogen) atoms. The molecule has 0 unspecified atom stereocenters. The highest BCUT2D eigenvalue weighted by atomic mass is 32.2. The average Bonchev–Trinajstić information content (AvgIpc) is 2.92. The highest BCUT2D eigenvalue weighted by molar-refractivity contribution is 7.92. The Kier molecular flexibility index (Phi) is 10.1. The summed E-state index contributed by atoms with van der Waals surface area (Å²) < 4.78 is 28.7. The molecule has 0 aliphatic rings. The number of anilines is 1. The minimum Gasteiger partial charge on any atom is -0.354 e. The Morgan fingerprint density at radius 2 is 1.50 bits per heavy atom. The van der Waals surface area contributed by atoms with Crippen LogP contribution in [0.15, 0.2) is 83.8 Å². The lowest BCUT2D eigenvalue weighted by Gasteiger charge is -2.33. The van der Waals surface area contributed by atoms with Gasteiger partial charge in [-0.15, -0.1) is 0 Å². The number of hydrogen-bond acceptors (Lipinski definition) is 4. The molecule has 0 saturated carbocycles. The Balaban J connectivity index is 2.04. The number of benzene rings is 3. The van der Waals surface area contributed by atoms with Crippen LogP contribution in [0.3, 0.4) is 0 Å². The van der Waals surface area contributed by atoms with Gasteiger partial charge in [-0.1, -0.05) is 74.0 Å².